The van der Waals surface area contributed by atoms with Crippen molar-refractivity contribution in [1.29, 1.82) is 0 Å². The van der Waals surface area contributed by atoms with Crippen LogP contribution in [0.1, 0.15) is 29.9 Å². The molecule has 0 aromatic heterocycles. The van der Waals surface area contributed by atoms with Gasteiger partial charge in [-0.2, -0.15) is 0 Å². The molecule has 0 radical (unpaired) electrons. The summed E-state index contributed by atoms with van der Waals surface area (Å²) >= 11 is 0. The molecule has 2 rings (SSSR count). The Bertz CT molecular complexity index is 439. The van der Waals surface area contributed by atoms with Gasteiger partial charge in [-0.15, -0.1) is 13.2 Å². The van der Waals surface area contributed by atoms with Gasteiger partial charge in [0.1, 0.15) is 5.75 Å². The van der Waals surface area contributed by atoms with E-state index in [1.54, 1.807) is 6.07 Å². The molecule has 2 heteroatoms. The van der Waals surface area contributed by atoms with Crippen LogP contribution >= 0.6 is 0 Å². The van der Waals surface area contributed by atoms with Crippen LogP contribution in [-0.2, 0) is 6.42 Å². The summed E-state index contributed by atoms with van der Waals surface area (Å²) in [6, 6.07) is 6.22. The van der Waals surface area contributed by atoms with E-state index < -0.39 is 0 Å². The lowest BCUT2D eigenvalue weighted by molar-refractivity contribution is 0.381. The molecule has 0 aliphatic heterocycles. The standard InChI is InChI=1S/C16H21NO/c1-3-6-13-14(17-11-4-2)10-9-12-7-5-8-15(18)16(12)13/h3-5,7-8,13-14,17-18H,1-2,6,9-11H2/t13-,14-/m1/s1. The van der Waals surface area contributed by atoms with E-state index >= 15 is 0 Å². The van der Waals surface area contributed by atoms with Crippen molar-refractivity contribution >= 4 is 0 Å². The molecular weight excluding hydrogens is 222 g/mol. The summed E-state index contributed by atoms with van der Waals surface area (Å²) in [6.07, 6.45) is 6.83. The van der Waals surface area contributed by atoms with Crippen LogP contribution in [0.4, 0.5) is 0 Å². The zero-order valence-electron chi connectivity index (χ0n) is 10.7. The highest BCUT2D eigenvalue weighted by atomic mass is 16.3. The predicted octanol–water partition coefficient (Wildman–Crippen LogP) is 3.14. The van der Waals surface area contributed by atoms with Crippen LogP contribution in [0.5, 0.6) is 5.75 Å². The largest absolute Gasteiger partial charge is 0.508 e. The molecule has 2 nitrogen and oxygen atoms in total. The van der Waals surface area contributed by atoms with Crippen molar-refractivity contribution in [2.45, 2.75) is 31.2 Å². The van der Waals surface area contributed by atoms with E-state index in [2.05, 4.69) is 24.5 Å². The van der Waals surface area contributed by atoms with Gasteiger partial charge in [0.2, 0.25) is 0 Å². The first-order chi connectivity index (χ1) is 8.77. The van der Waals surface area contributed by atoms with Gasteiger partial charge in [0, 0.05) is 24.1 Å². The summed E-state index contributed by atoms with van der Waals surface area (Å²) in [5.41, 5.74) is 2.38. The molecule has 96 valence electrons. The molecule has 0 unspecified atom stereocenters. The Hall–Kier alpha value is -1.54. The van der Waals surface area contributed by atoms with Gasteiger partial charge >= 0.3 is 0 Å². The smallest absolute Gasteiger partial charge is 0.119 e. The molecule has 18 heavy (non-hydrogen) atoms. The zero-order chi connectivity index (χ0) is 13.0. The Morgan fingerprint density at radius 2 is 2.17 bits per heavy atom. The number of phenols is 1. The van der Waals surface area contributed by atoms with Crippen LogP contribution in [0.3, 0.4) is 0 Å². The van der Waals surface area contributed by atoms with Crippen LogP contribution in [0.25, 0.3) is 0 Å². The number of rotatable bonds is 5. The number of benzene rings is 1. The van der Waals surface area contributed by atoms with E-state index in [1.807, 2.05) is 18.2 Å². The van der Waals surface area contributed by atoms with Crippen LogP contribution in [0.15, 0.2) is 43.5 Å². The van der Waals surface area contributed by atoms with E-state index in [4.69, 9.17) is 0 Å². The van der Waals surface area contributed by atoms with E-state index in [9.17, 15) is 5.11 Å². The third-order valence-electron chi connectivity index (χ3n) is 3.70. The third kappa shape index (κ3) is 2.49. The fourth-order valence-corrected chi connectivity index (χ4v) is 2.90. The van der Waals surface area contributed by atoms with Crippen molar-refractivity contribution in [3.8, 4) is 5.75 Å². The van der Waals surface area contributed by atoms with Gasteiger partial charge in [-0.25, -0.2) is 0 Å². The number of hydrogen-bond donors (Lipinski definition) is 2. The van der Waals surface area contributed by atoms with Gasteiger partial charge in [0.25, 0.3) is 0 Å². The quantitative estimate of drug-likeness (QED) is 0.779. The van der Waals surface area contributed by atoms with Crippen LogP contribution < -0.4 is 5.32 Å². The second-order valence-electron chi connectivity index (χ2n) is 4.82. The lowest BCUT2D eigenvalue weighted by Crippen LogP contribution is -2.38. The normalized spacial score (nSPS) is 22.2. The van der Waals surface area contributed by atoms with Gasteiger partial charge in [-0.1, -0.05) is 24.3 Å². The summed E-state index contributed by atoms with van der Waals surface area (Å²) in [5, 5.41) is 13.6. The van der Waals surface area contributed by atoms with Crippen molar-refractivity contribution in [3.05, 3.63) is 54.6 Å². The molecule has 0 heterocycles. The third-order valence-corrected chi connectivity index (χ3v) is 3.70. The number of hydrogen-bond acceptors (Lipinski definition) is 2. The van der Waals surface area contributed by atoms with Gasteiger partial charge in [0.15, 0.2) is 0 Å². The molecule has 0 amide bonds. The van der Waals surface area contributed by atoms with Crippen molar-refractivity contribution in [2.75, 3.05) is 6.54 Å². The fraction of sp³-hybridized carbons (Fsp3) is 0.375. The first-order valence-electron chi connectivity index (χ1n) is 6.53. The van der Waals surface area contributed by atoms with E-state index in [0.717, 1.165) is 31.4 Å². The molecule has 0 saturated heterocycles. The van der Waals surface area contributed by atoms with Crippen molar-refractivity contribution in [3.63, 3.8) is 0 Å². The van der Waals surface area contributed by atoms with Crippen LogP contribution in [-0.4, -0.2) is 17.7 Å². The maximum atomic E-state index is 10.1. The minimum Gasteiger partial charge on any atom is -0.508 e. The molecule has 1 aromatic carbocycles. The van der Waals surface area contributed by atoms with Crippen LogP contribution in [0.2, 0.25) is 0 Å². The Morgan fingerprint density at radius 1 is 1.33 bits per heavy atom. The summed E-state index contributed by atoms with van der Waals surface area (Å²) in [5.74, 6) is 0.733. The summed E-state index contributed by atoms with van der Waals surface area (Å²) in [6.45, 7) is 8.40. The van der Waals surface area contributed by atoms with Crippen LogP contribution in [0, 0.1) is 0 Å². The molecule has 1 aliphatic rings. The summed E-state index contributed by atoms with van der Waals surface area (Å²) < 4.78 is 0. The molecule has 0 fully saturated rings. The van der Waals surface area contributed by atoms with Gasteiger partial charge in [-0.3, -0.25) is 0 Å². The highest BCUT2D eigenvalue weighted by Gasteiger charge is 2.30. The molecule has 0 saturated carbocycles. The molecule has 2 N–H and O–H groups in total. The number of allylic oxidation sites excluding steroid dienone is 1. The number of aryl methyl sites for hydroxylation is 1. The highest BCUT2D eigenvalue weighted by Crippen LogP contribution is 2.39. The van der Waals surface area contributed by atoms with Crippen molar-refractivity contribution < 1.29 is 5.11 Å². The van der Waals surface area contributed by atoms with Crippen molar-refractivity contribution in [2.24, 2.45) is 0 Å². The maximum Gasteiger partial charge on any atom is 0.119 e. The molecular formula is C16H21NO. The Labute approximate surface area is 109 Å². The molecule has 1 aromatic rings. The first-order valence-corrected chi connectivity index (χ1v) is 6.53. The van der Waals surface area contributed by atoms with E-state index in [1.165, 1.54) is 5.56 Å². The highest BCUT2D eigenvalue weighted by molar-refractivity contribution is 5.45. The number of phenolic OH excluding ortho intramolecular Hbond substituents is 1. The lowest BCUT2D eigenvalue weighted by atomic mass is 9.77. The van der Waals surface area contributed by atoms with Gasteiger partial charge in [-0.05, 0) is 30.9 Å². The predicted molar refractivity (Wildman–Crippen MR) is 76.0 cm³/mol. The second-order valence-corrected chi connectivity index (χ2v) is 4.82. The topological polar surface area (TPSA) is 32.3 Å². The van der Waals surface area contributed by atoms with E-state index in [0.29, 0.717) is 17.7 Å². The average molecular weight is 243 g/mol. The summed E-state index contributed by atoms with van der Waals surface area (Å²) in [7, 11) is 0. The Kier molecular flexibility index (Phi) is 4.21. The molecule has 0 spiro atoms. The molecule has 1 aliphatic carbocycles. The van der Waals surface area contributed by atoms with Gasteiger partial charge < -0.3 is 10.4 Å². The van der Waals surface area contributed by atoms with Crippen molar-refractivity contribution in [1.82, 2.24) is 5.32 Å². The monoisotopic (exact) mass is 243 g/mol. The minimum atomic E-state index is 0.312. The molecule has 0 bridgehead atoms. The SMILES string of the molecule is C=CCN[C@@H]1CCc2cccc(O)c2[C@@H]1CC=C. The first kappa shape index (κ1) is 12.9. The fourth-order valence-electron chi connectivity index (χ4n) is 2.90. The lowest BCUT2D eigenvalue weighted by Gasteiger charge is -2.34. The number of fused-ring (bicyclic) bond motifs is 1. The number of nitrogens with one attached hydrogen (secondary N) is 1. The minimum absolute atomic E-state index is 0.312. The maximum absolute atomic E-state index is 10.1. The Balaban J connectivity index is 2.31. The zero-order valence-corrected chi connectivity index (χ0v) is 10.7. The molecule has 2 atom stereocenters. The summed E-state index contributed by atoms with van der Waals surface area (Å²) in [4.78, 5) is 0. The van der Waals surface area contributed by atoms with Gasteiger partial charge in [0.05, 0.1) is 0 Å². The number of aromatic hydroxyl groups is 1. The van der Waals surface area contributed by atoms with E-state index in [-0.39, 0.29) is 0 Å². The Morgan fingerprint density at radius 3 is 2.89 bits per heavy atom. The average Bonchev–Trinajstić information content (AvgIpc) is 2.38. The second kappa shape index (κ2) is 5.87.